The molecule has 3 heterocycles. The van der Waals surface area contributed by atoms with Crippen molar-refractivity contribution in [2.75, 3.05) is 48.0 Å². The summed E-state index contributed by atoms with van der Waals surface area (Å²) in [5.41, 5.74) is 3.96. The van der Waals surface area contributed by atoms with Gasteiger partial charge in [0.2, 0.25) is 17.8 Å². The first-order chi connectivity index (χ1) is 13.8. The highest BCUT2D eigenvalue weighted by Crippen LogP contribution is 2.22. The number of anilines is 3. The first kappa shape index (κ1) is 18.5. The molecule has 2 saturated heterocycles. The Morgan fingerprint density at radius 3 is 2.04 bits per heavy atom. The fourth-order valence-corrected chi connectivity index (χ4v) is 3.50. The average Bonchev–Trinajstić information content (AvgIpc) is 3.44. The van der Waals surface area contributed by atoms with Gasteiger partial charge in [0.05, 0.1) is 12.8 Å². The molecule has 0 saturated carbocycles. The van der Waals surface area contributed by atoms with E-state index in [1.165, 1.54) is 25.7 Å². The Morgan fingerprint density at radius 2 is 1.50 bits per heavy atom. The van der Waals surface area contributed by atoms with E-state index in [1.54, 1.807) is 6.21 Å². The van der Waals surface area contributed by atoms with Crippen LogP contribution in [0.25, 0.3) is 0 Å². The van der Waals surface area contributed by atoms with E-state index in [1.807, 2.05) is 31.2 Å². The number of nitrogens with zero attached hydrogens (tertiary/aromatic N) is 6. The zero-order valence-corrected chi connectivity index (χ0v) is 16.3. The quantitative estimate of drug-likeness (QED) is 0.583. The molecule has 1 aromatic heterocycles. The van der Waals surface area contributed by atoms with Crippen molar-refractivity contribution in [3.63, 3.8) is 0 Å². The van der Waals surface area contributed by atoms with Crippen LogP contribution in [0.15, 0.2) is 29.4 Å². The first-order valence-electron chi connectivity index (χ1n) is 10.1. The number of hydrazone groups is 1. The second kappa shape index (κ2) is 8.86. The van der Waals surface area contributed by atoms with Gasteiger partial charge in [-0.1, -0.05) is 0 Å². The minimum absolute atomic E-state index is 0.487. The average molecular weight is 381 g/mol. The maximum Gasteiger partial charge on any atom is 0.250 e. The second-order valence-electron chi connectivity index (χ2n) is 7.02. The molecular weight excluding hydrogens is 354 g/mol. The molecule has 1 N–H and O–H groups in total. The Morgan fingerprint density at radius 1 is 0.929 bits per heavy atom. The van der Waals surface area contributed by atoms with Gasteiger partial charge in [-0.3, -0.25) is 0 Å². The van der Waals surface area contributed by atoms with Crippen LogP contribution >= 0.6 is 0 Å². The summed E-state index contributed by atoms with van der Waals surface area (Å²) in [6, 6.07) is 7.80. The van der Waals surface area contributed by atoms with Gasteiger partial charge in [0, 0.05) is 26.2 Å². The molecule has 0 unspecified atom stereocenters. The van der Waals surface area contributed by atoms with Gasteiger partial charge in [-0.25, -0.2) is 5.43 Å². The number of benzene rings is 1. The predicted octanol–water partition coefficient (Wildman–Crippen LogP) is 2.92. The highest BCUT2D eigenvalue weighted by molar-refractivity contribution is 5.80. The van der Waals surface area contributed by atoms with E-state index < -0.39 is 0 Å². The number of aromatic nitrogens is 3. The Hall–Kier alpha value is -2.90. The van der Waals surface area contributed by atoms with Crippen molar-refractivity contribution >= 4 is 24.1 Å². The molecule has 8 heteroatoms. The van der Waals surface area contributed by atoms with Crippen molar-refractivity contribution in [1.82, 2.24) is 15.0 Å². The molecule has 1 aromatic carbocycles. The third kappa shape index (κ3) is 4.49. The third-order valence-electron chi connectivity index (χ3n) is 4.96. The predicted molar refractivity (Wildman–Crippen MR) is 112 cm³/mol. The molecule has 0 amide bonds. The van der Waals surface area contributed by atoms with Crippen molar-refractivity contribution < 1.29 is 4.74 Å². The van der Waals surface area contributed by atoms with Crippen molar-refractivity contribution in [1.29, 1.82) is 0 Å². The standard InChI is InChI=1S/C20H27N7O/c1-2-28-17-9-7-16(8-10-17)15-21-25-18-22-19(26-11-3-4-12-26)24-20(23-18)27-13-5-6-14-27/h7-10,15H,2-6,11-14H2,1H3,(H,22,23,24,25)/b21-15-. The summed E-state index contributed by atoms with van der Waals surface area (Å²) in [6.45, 7) is 6.63. The molecule has 0 bridgehead atoms. The molecule has 2 aliphatic heterocycles. The monoisotopic (exact) mass is 381 g/mol. The van der Waals surface area contributed by atoms with Gasteiger partial charge in [-0.05, 0) is 62.4 Å². The molecule has 2 fully saturated rings. The smallest absolute Gasteiger partial charge is 0.250 e. The van der Waals surface area contributed by atoms with Crippen LogP contribution in [0.3, 0.4) is 0 Å². The summed E-state index contributed by atoms with van der Waals surface area (Å²) >= 11 is 0. The Kier molecular flexibility index (Phi) is 5.84. The van der Waals surface area contributed by atoms with Crippen molar-refractivity contribution in [2.24, 2.45) is 5.10 Å². The largest absolute Gasteiger partial charge is 0.494 e. The van der Waals surface area contributed by atoms with Crippen LogP contribution in [0.1, 0.15) is 38.2 Å². The number of hydrogen-bond donors (Lipinski definition) is 1. The molecule has 28 heavy (non-hydrogen) atoms. The maximum absolute atomic E-state index is 5.46. The fourth-order valence-electron chi connectivity index (χ4n) is 3.50. The summed E-state index contributed by atoms with van der Waals surface area (Å²) in [5.74, 6) is 2.83. The zero-order chi connectivity index (χ0) is 19.2. The number of nitrogens with one attached hydrogen (secondary N) is 1. The lowest BCUT2D eigenvalue weighted by atomic mass is 10.2. The molecular formula is C20H27N7O. The van der Waals surface area contributed by atoms with Gasteiger partial charge in [-0.2, -0.15) is 20.1 Å². The van der Waals surface area contributed by atoms with E-state index in [4.69, 9.17) is 9.72 Å². The van der Waals surface area contributed by atoms with Gasteiger partial charge < -0.3 is 14.5 Å². The van der Waals surface area contributed by atoms with Crippen molar-refractivity contribution in [3.8, 4) is 5.75 Å². The van der Waals surface area contributed by atoms with Gasteiger partial charge in [0.1, 0.15) is 5.75 Å². The molecule has 2 aliphatic rings. The van der Waals surface area contributed by atoms with Gasteiger partial charge in [-0.15, -0.1) is 0 Å². The lowest BCUT2D eigenvalue weighted by Crippen LogP contribution is -2.25. The summed E-state index contributed by atoms with van der Waals surface area (Å²) in [5, 5.41) is 4.32. The first-order valence-corrected chi connectivity index (χ1v) is 10.1. The van der Waals surface area contributed by atoms with Crippen molar-refractivity contribution in [2.45, 2.75) is 32.6 Å². The molecule has 148 valence electrons. The van der Waals surface area contributed by atoms with Crippen LogP contribution in [0.4, 0.5) is 17.8 Å². The summed E-state index contributed by atoms with van der Waals surface area (Å²) in [6.07, 6.45) is 6.49. The lowest BCUT2D eigenvalue weighted by molar-refractivity contribution is 0.340. The maximum atomic E-state index is 5.46. The highest BCUT2D eigenvalue weighted by Gasteiger charge is 2.21. The van der Waals surface area contributed by atoms with Gasteiger partial charge in [0.25, 0.3) is 0 Å². The highest BCUT2D eigenvalue weighted by atomic mass is 16.5. The summed E-state index contributed by atoms with van der Waals surface area (Å²) in [4.78, 5) is 18.3. The summed E-state index contributed by atoms with van der Waals surface area (Å²) in [7, 11) is 0. The Balaban J connectivity index is 1.49. The topological polar surface area (TPSA) is 78.8 Å². The van der Waals surface area contributed by atoms with Crippen LogP contribution in [-0.2, 0) is 0 Å². The SMILES string of the molecule is CCOc1ccc(/C=N\Nc2nc(N3CCCC3)nc(N3CCCC3)n2)cc1. The minimum atomic E-state index is 0.487. The molecule has 8 nitrogen and oxygen atoms in total. The van der Waals surface area contributed by atoms with Gasteiger partial charge >= 0.3 is 0 Å². The normalized spacial score (nSPS) is 16.9. The van der Waals surface area contributed by atoms with Crippen molar-refractivity contribution in [3.05, 3.63) is 29.8 Å². The van der Waals surface area contributed by atoms with Crippen LogP contribution in [0, 0.1) is 0 Å². The van der Waals surface area contributed by atoms with Crippen LogP contribution in [-0.4, -0.2) is 54.0 Å². The zero-order valence-electron chi connectivity index (χ0n) is 16.3. The van der Waals surface area contributed by atoms with Crippen LogP contribution in [0.2, 0.25) is 0 Å². The molecule has 0 radical (unpaired) electrons. The van der Waals surface area contributed by atoms with E-state index >= 15 is 0 Å². The van der Waals surface area contributed by atoms with E-state index in [0.29, 0.717) is 12.6 Å². The molecule has 0 aliphatic carbocycles. The number of rotatable bonds is 7. The minimum Gasteiger partial charge on any atom is -0.494 e. The van der Waals surface area contributed by atoms with E-state index in [9.17, 15) is 0 Å². The summed E-state index contributed by atoms with van der Waals surface area (Å²) < 4.78 is 5.46. The van der Waals surface area contributed by atoms with Crippen LogP contribution in [0.5, 0.6) is 5.75 Å². The number of hydrogen-bond acceptors (Lipinski definition) is 8. The van der Waals surface area contributed by atoms with E-state index in [2.05, 4.69) is 30.3 Å². The lowest BCUT2D eigenvalue weighted by Gasteiger charge is -2.20. The van der Waals surface area contributed by atoms with Crippen LogP contribution < -0.4 is 20.0 Å². The molecule has 4 rings (SSSR count). The Bertz CT molecular complexity index is 762. The van der Waals surface area contributed by atoms with E-state index in [0.717, 1.165) is 49.4 Å². The van der Waals surface area contributed by atoms with Gasteiger partial charge in [0.15, 0.2) is 0 Å². The molecule has 2 aromatic rings. The number of ether oxygens (including phenoxy) is 1. The Labute approximate surface area is 165 Å². The van der Waals surface area contributed by atoms with E-state index in [-0.39, 0.29) is 0 Å². The molecule has 0 atom stereocenters. The fraction of sp³-hybridized carbons (Fsp3) is 0.500. The molecule has 0 spiro atoms. The second-order valence-corrected chi connectivity index (χ2v) is 7.02. The third-order valence-corrected chi connectivity index (χ3v) is 4.96.